The lowest BCUT2D eigenvalue weighted by Crippen LogP contribution is -2.45. The maximum absolute atomic E-state index is 5.95. The topological polar surface area (TPSA) is 48.1 Å². The first-order valence-electron chi connectivity index (χ1n) is 5.33. The minimum Gasteiger partial charge on any atom is -0.487 e. The molecule has 0 amide bonds. The molecule has 1 rings (SSSR count). The molecule has 2 unspecified atom stereocenters. The molecule has 0 radical (unpaired) electrons. The van der Waals surface area contributed by atoms with Crippen molar-refractivity contribution in [1.29, 1.82) is 0 Å². The van der Waals surface area contributed by atoms with Gasteiger partial charge in [-0.05, 0) is 28.9 Å². The number of pyridine rings is 1. The van der Waals surface area contributed by atoms with Gasteiger partial charge in [0.25, 0.3) is 0 Å². The Kier molecular flexibility index (Phi) is 4.33. The lowest BCUT2D eigenvalue weighted by Gasteiger charge is -2.33. The first-order chi connectivity index (χ1) is 7.30. The normalized spacial score (nSPS) is 15.6. The van der Waals surface area contributed by atoms with E-state index in [1.807, 2.05) is 13.0 Å². The van der Waals surface area contributed by atoms with Gasteiger partial charge < -0.3 is 10.5 Å². The summed E-state index contributed by atoms with van der Waals surface area (Å²) in [4.78, 5) is 4.07. The lowest BCUT2D eigenvalue weighted by atomic mass is 9.85. The molecule has 90 valence electrons. The van der Waals surface area contributed by atoms with E-state index in [1.54, 1.807) is 12.4 Å². The van der Waals surface area contributed by atoms with E-state index in [-0.39, 0.29) is 17.6 Å². The third-order valence-corrected chi connectivity index (χ3v) is 2.71. The molecule has 0 aliphatic rings. The molecule has 1 aromatic heterocycles. The summed E-state index contributed by atoms with van der Waals surface area (Å²) in [5.74, 6) is 0.742. The second-order valence-corrected chi connectivity index (χ2v) is 6.02. The molecule has 3 nitrogen and oxygen atoms in total. The van der Waals surface area contributed by atoms with Gasteiger partial charge in [0.2, 0.25) is 0 Å². The van der Waals surface area contributed by atoms with Crippen LogP contribution in [0.1, 0.15) is 27.7 Å². The van der Waals surface area contributed by atoms with Gasteiger partial charge in [0, 0.05) is 22.1 Å². The van der Waals surface area contributed by atoms with E-state index >= 15 is 0 Å². The zero-order chi connectivity index (χ0) is 12.3. The van der Waals surface area contributed by atoms with Gasteiger partial charge in [0.1, 0.15) is 11.9 Å². The molecular formula is C12H19BrN2O. The summed E-state index contributed by atoms with van der Waals surface area (Å²) in [5.41, 5.74) is 5.95. The number of rotatable bonds is 3. The van der Waals surface area contributed by atoms with Crippen molar-refractivity contribution in [3.8, 4) is 5.75 Å². The van der Waals surface area contributed by atoms with Crippen LogP contribution in [0, 0.1) is 5.41 Å². The van der Waals surface area contributed by atoms with E-state index in [9.17, 15) is 0 Å². The molecule has 0 aromatic carbocycles. The SMILES string of the molecule is CC(N)C(Oc1cncc(Br)c1)C(C)(C)C. The van der Waals surface area contributed by atoms with Crippen LogP contribution in [0.5, 0.6) is 5.75 Å². The fourth-order valence-electron chi connectivity index (χ4n) is 1.68. The van der Waals surface area contributed by atoms with Crippen LogP contribution in [0.25, 0.3) is 0 Å². The van der Waals surface area contributed by atoms with Gasteiger partial charge in [0.05, 0.1) is 6.20 Å². The van der Waals surface area contributed by atoms with Crippen molar-refractivity contribution in [2.75, 3.05) is 0 Å². The van der Waals surface area contributed by atoms with Crippen LogP contribution >= 0.6 is 15.9 Å². The van der Waals surface area contributed by atoms with Gasteiger partial charge in [-0.25, -0.2) is 0 Å². The highest BCUT2D eigenvalue weighted by Gasteiger charge is 2.29. The average molecular weight is 287 g/mol. The molecule has 2 N–H and O–H groups in total. The number of nitrogens with zero attached hydrogens (tertiary/aromatic N) is 1. The summed E-state index contributed by atoms with van der Waals surface area (Å²) in [7, 11) is 0. The molecule has 4 heteroatoms. The van der Waals surface area contributed by atoms with Crippen molar-refractivity contribution in [3.63, 3.8) is 0 Å². The van der Waals surface area contributed by atoms with E-state index in [4.69, 9.17) is 10.5 Å². The monoisotopic (exact) mass is 286 g/mol. The van der Waals surface area contributed by atoms with Crippen molar-refractivity contribution >= 4 is 15.9 Å². The fraction of sp³-hybridized carbons (Fsp3) is 0.583. The van der Waals surface area contributed by atoms with Crippen LogP contribution in [0.4, 0.5) is 0 Å². The predicted molar refractivity (Wildman–Crippen MR) is 69.5 cm³/mol. The highest BCUT2D eigenvalue weighted by molar-refractivity contribution is 9.10. The molecule has 2 atom stereocenters. The summed E-state index contributed by atoms with van der Waals surface area (Å²) in [6.45, 7) is 8.31. The van der Waals surface area contributed by atoms with Crippen LogP contribution in [-0.4, -0.2) is 17.1 Å². The third kappa shape index (κ3) is 3.76. The Hall–Kier alpha value is -0.610. The van der Waals surface area contributed by atoms with Crippen molar-refractivity contribution in [2.45, 2.75) is 39.8 Å². The maximum Gasteiger partial charge on any atom is 0.139 e. The third-order valence-electron chi connectivity index (χ3n) is 2.27. The van der Waals surface area contributed by atoms with Gasteiger partial charge in [-0.15, -0.1) is 0 Å². The number of aromatic nitrogens is 1. The van der Waals surface area contributed by atoms with Gasteiger partial charge in [-0.1, -0.05) is 20.8 Å². The Morgan fingerprint density at radius 3 is 2.44 bits per heavy atom. The second kappa shape index (κ2) is 5.15. The first-order valence-corrected chi connectivity index (χ1v) is 6.13. The van der Waals surface area contributed by atoms with E-state index in [1.165, 1.54) is 0 Å². The van der Waals surface area contributed by atoms with Crippen molar-refractivity contribution < 1.29 is 4.74 Å². The van der Waals surface area contributed by atoms with Gasteiger partial charge >= 0.3 is 0 Å². The molecule has 0 aliphatic heterocycles. The van der Waals surface area contributed by atoms with Crippen LogP contribution in [0.15, 0.2) is 22.9 Å². The Morgan fingerprint density at radius 2 is 2.00 bits per heavy atom. The van der Waals surface area contributed by atoms with Crippen LogP contribution in [0.2, 0.25) is 0 Å². The van der Waals surface area contributed by atoms with Crippen LogP contribution < -0.4 is 10.5 Å². The second-order valence-electron chi connectivity index (χ2n) is 5.10. The van der Waals surface area contributed by atoms with Gasteiger partial charge in [-0.2, -0.15) is 0 Å². The number of halogens is 1. The lowest BCUT2D eigenvalue weighted by molar-refractivity contribution is 0.0680. The summed E-state index contributed by atoms with van der Waals surface area (Å²) < 4.78 is 6.81. The minimum atomic E-state index is -0.0383. The average Bonchev–Trinajstić information content (AvgIpc) is 2.12. The molecule has 16 heavy (non-hydrogen) atoms. The molecule has 1 aromatic rings. The Labute approximate surface area is 106 Å². The van der Waals surface area contributed by atoms with Gasteiger partial charge in [-0.3, -0.25) is 4.98 Å². The molecule has 0 spiro atoms. The van der Waals surface area contributed by atoms with Crippen LogP contribution in [0.3, 0.4) is 0 Å². The van der Waals surface area contributed by atoms with E-state index in [0.29, 0.717) is 0 Å². The highest BCUT2D eigenvalue weighted by Crippen LogP contribution is 2.27. The highest BCUT2D eigenvalue weighted by atomic mass is 79.9. The summed E-state index contributed by atoms with van der Waals surface area (Å²) in [6.07, 6.45) is 3.39. The molecular weight excluding hydrogens is 268 g/mol. The Morgan fingerprint density at radius 1 is 1.38 bits per heavy atom. The van der Waals surface area contributed by atoms with E-state index < -0.39 is 0 Å². The number of nitrogens with two attached hydrogens (primary N) is 1. The Balaban J connectivity index is 2.84. The number of ether oxygens (including phenoxy) is 1. The number of hydrogen-bond donors (Lipinski definition) is 1. The zero-order valence-corrected chi connectivity index (χ0v) is 11.8. The van der Waals surface area contributed by atoms with E-state index in [0.717, 1.165) is 10.2 Å². The summed E-state index contributed by atoms with van der Waals surface area (Å²) in [5, 5.41) is 0. The number of hydrogen-bond acceptors (Lipinski definition) is 3. The van der Waals surface area contributed by atoms with Gasteiger partial charge in [0.15, 0.2) is 0 Å². The molecule has 1 heterocycles. The van der Waals surface area contributed by atoms with Crippen molar-refractivity contribution in [2.24, 2.45) is 11.1 Å². The minimum absolute atomic E-state index is 0.00349. The molecule has 0 fully saturated rings. The summed E-state index contributed by atoms with van der Waals surface area (Å²) >= 11 is 3.37. The molecule has 0 bridgehead atoms. The fourth-order valence-corrected chi connectivity index (χ4v) is 2.02. The Bertz CT molecular complexity index is 347. The van der Waals surface area contributed by atoms with E-state index in [2.05, 4.69) is 41.7 Å². The molecule has 0 aliphatic carbocycles. The first kappa shape index (κ1) is 13.5. The molecule has 0 saturated heterocycles. The van der Waals surface area contributed by atoms with Crippen molar-refractivity contribution in [1.82, 2.24) is 4.98 Å². The summed E-state index contributed by atoms with van der Waals surface area (Å²) in [6, 6.07) is 1.87. The zero-order valence-electron chi connectivity index (χ0n) is 10.2. The molecule has 0 saturated carbocycles. The van der Waals surface area contributed by atoms with Crippen LogP contribution in [-0.2, 0) is 0 Å². The quantitative estimate of drug-likeness (QED) is 0.929. The smallest absolute Gasteiger partial charge is 0.139 e. The standard InChI is InChI=1S/C12H19BrN2O/c1-8(14)11(12(2,3)4)16-10-5-9(13)6-15-7-10/h5-8,11H,14H2,1-4H3. The van der Waals surface area contributed by atoms with Crippen molar-refractivity contribution in [3.05, 3.63) is 22.9 Å². The largest absolute Gasteiger partial charge is 0.487 e. The maximum atomic E-state index is 5.95. The predicted octanol–water partition coefficient (Wildman–Crippen LogP) is 2.98.